The Morgan fingerprint density at radius 3 is 1.62 bits per heavy atom. The van der Waals surface area contributed by atoms with E-state index in [1.165, 1.54) is 12.0 Å². The number of hydroxylamine groups is 6. The van der Waals surface area contributed by atoms with Crippen molar-refractivity contribution in [2.75, 3.05) is 33.4 Å². The number of carbonyl (C=O) groups excluding carboxylic acids is 4. The zero-order valence-electron chi connectivity index (χ0n) is 20.8. The van der Waals surface area contributed by atoms with Crippen molar-refractivity contribution in [1.29, 1.82) is 0 Å². The Balaban J connectivity index is 0.000000222. The van der Waals surface area contributed by atoms with Gasteiger partial charge >= 0.3 is 32.9 Å². The highest BCUT2D eigenvalue weighted by molar-refractivity contribution is 7.81. The standard InChI is InChI=1S/C9H15N3O8S.C8H13N3O7S/c13-3-4-19-10-8(14)7-2-1-6-5-11(7)9(15)12(6)20-21(16,17)18;1-17-9-7(12)6-3-2-5-4-10(6)8(13)11(5)18-19(14,15)16/h6-7,13H,1-5H2,(H,10,14)(H,16,17,18);5-6H,2-4H2,1H3,(H,9,12)(H,14,15,16)/t6-,7+;5-,6+/m11/s1. The van der Waals surface area contributed by atoms with Crippen LogP contribution in [0.2, 0.25) is 0 Å². The molecule has 0 unspecified atom stereocenters. The number of hydrogen-bond donors (Lipinski definition) is 5. The Bertz CT molecular complexity index is 1200. The van der Waals surface area contributed by atoms with E-state index in [1.54, 1.807) is 0 Å². The van der Waals surface area contributed by atoms with E-state index < -0.39 is 68.8 Å². The van der Waals surface area contributed by atoms with Gasteiger partial charge in [-0.3, -0.25) is 28.4 Å². The Morgan fingerprint density at radius 2 is 1.25 bits per heavy atom. The second kappa shape index (κ2) is 12.7. The highest BCUT2D eigenvalue weighted by atomic mass is 32.3. The van der Waals surface area contributed by atoms with Crippen molar-refractivity contribution in [3.63, 3.8) is 0 Å². The van der Waals surface area contributed by atoms with Crippen molar-refractivity contribution in [2.45, 2.75) is 49.9 Å². The van der Waals surface area contributed by atoms with Crippen LogP contribution in [0.1, 0.15) is 25.7 Å². The van der Waals surface area contributed by atoms with E-state index in [9.17, 15) is 36.0 Å². The number of carbonyl (C=O) groups is 4. The summed E-state index contributed by atoms with van der Waals surface area (Å²) >= 11 is 0. The second-order valence-corrected chi connectivity index (χ2v) is 10.7. The average Bonchev–Trinajstić information content (AvgIpc) is 3.23. The fraction of sp³-hybridized carbons (Fsp3) is 0.765. The van der Waals surface area contributed by atoms with Crippen molar-refractivity contribution in [3.05, 3.63) is 0 Å². The molecule has 0 aliphatic carbocycles. The Kier molecular flexibility index (Phi) is 10.1. The van der Waals surface area contributed by atoms with E-state index in [1.807, 2.05) is 0 Å². The third-order valence-electron chi connectivity index (χ3n) is 6.17. The summed E-state index contributed by atoms with van der Waals surface area (Å²) in [5, 5.41) is 9.67. The van der Waals surface area contributed by atoms with Gasteiger partial charge in [0.25, 0.3) is 11.8 Å². The van der Waals surface area contributed by atoms with Crippen LogP contribution in [-0.4, -0.2) is 132 Å². The molecule has 0 radical (unpaired) electrons. The first kappa shape index (κ1) is 31.6. The fourth-order valence-corrected chi connectivity index (χ4v) is 5.39. The van der Waals surface area contributed by atoms with Gasteiger partial charge in [0.05, 0.1) is 32.4 Å². The number of nitrogens with one attached hydrogen (secondary N) is 2. The van der Waals surface area contributed by atoms with Crippen LogP contribution in [0.5, 0.6) is 0 Å². The largest absolute Gasteiger partial charge is 0.418 e. The Morgan fingerprint density at radius 1 is 0.825 bits per heavy atom. The van der Waals surface area contributed by atoms with Crippen LogP contribution in [0.3, 0.4) is 0 Å². The molecule has 23 heteroatoms. The summed E-state index contributed by atoms with van der Waals surface area (Å²) < 4.78 is 68.4. The lowest BCUT2D eigenvalue weighted by molar-refractivity contribution is -0.139. The Hall–Kier alpha value is -2.90. The van der Waals surface area contributed by atoms with Gasteiger partial charge in [-0.1, -0.05) is 0 Å². The number of piperidine rings is 2. The lowest BCUT2D eigenvalue weighted by Gasteiger charge is -2.28. The van der Waals surface area contributed by atoms with Gasteiger partial charge in [-0.15, -0.1) is 8.57 Å². The van der Waals surface area contributed by atoms with Crippen LogP contribution >= 0.6 is 0 Å². The molecule has 4 rings (SSSR count). The summed E-state index contributed by atoms with van der Waals surface area (Å²) in [7, 11) is -8.32. The number of aliphatic hydroxyl groups is 1. The molecule has 6 amide bonds. The van der Waals surface area contributed by atoms with Gasteiger partial charge in [-0.2, -0.15) is 27.0 Å². The SMILES string of the molecule is CONC(=O)[C@@H]1CC[C@@H]2CN1C(=O)N2OS(=O)(=O)O.O=C(NOCCO)[C@@H]1CC[C@@H]2CN1C(=O)N2OS(=O)(=O)O. The zero-order valence-corrected chi connectivity index (χ0v) is 22.4. The minimum absolute atomic E-state index is 0.0903. The summed E-state index contributed by atoms with van der Waals surface area (Å²) in [4.78, 5) is 58.9. The number of aliphatic hydroxyl groups excluding tert-OH is 1. The summed E-state index contributed by atoms with van der Waals surface area (Å²) in [6.45, 7) is -0.110. The van der Waals surface area contributed by atoms with E-state index in [-0.39, 0.29) is 32.7 Å². The molecule has 21 nitrogen and oxygen atoms in total. The minimum Gasteiger partial charge on any atom is -0.394 e. The Labute approximate surface area is 227 Å². The van der Waals surface area contributed by atoms with Crippen LogP contribution < -0.4 is 11.0 Å². The number of nitrogens with zero attached hydrogens (tertiary/aromatic N) is 4. The molecule has 0 aromatic heterocycles. The maximum Gasteiger partial charge on any atom is 0.418 e. The van der Waals surface area contributed by atoms with Crippen molar-refractivity contribution < 1.29 is 68.5 Å². The van der Waals surface area contributed by atoms with Gasteiger partial charge in [0.15, 0.2) is 0 Å². The maximum atomic E-state index is 12.0. The summed E-state index contributed by atoms with van der Waals surface area (Å²) in [6, 6.07) is -4.25. The molecule has 0 saturated carbocycles. The maximum absolute atomic E-state index is 12.0. The average molecular weight is 621 g/mol. The van der Waals surface area contributed by atoms with Crippen LogP contribution in [0, 0.1) is 0 Å². The monoisotopic (exact) mass is 620 g/mol. The molecular weight excluding hydrogens is 592 g/mol. The molecule has 4 saturated heterocycles. The van der Waals surface area contributed by atoms with Gasteiger partial charge in [-0.25, -0.2) is 20.5 Å². The number of urea groups is 2. The van der Waals surface area contributed by atoms with E-state index in [4.69, 9.17) is 14.2 Å². The number of amides is 6. The van der Waals surface area contributed by atoms with Gasteiger partial charge in [0, 0.05) is 13.1 Å². The third kappa shape index (κ3) is 7.64. The molecule has 4 aliphatic rings. The first-order valence-corrected chi connectivity index (χ1v) is 14.3. The lowest BCUT2D eigenvalue weighted by atomic mass is 10.0. The van der Waals surface area contributed by atoms with Crippen LogP contribution in [0.25, 0.3) is 0 Å². The molecule has 5 N–H and O–H groups in total. The fourth-order valence-electron chi connectivity index (χ4n) is 4.61. The molecule has 0 aromatic carbocycles. The lowest BCUT2D eigenvalue weighted by Crippen LogP contribution is -2.49. The molecule has 40 heavy (non-hydrogen) atoms. The molecule has 4 atom stereocenters. The molecule has 4 aliphatic heterocycles. The van der Waals surface area contributed by atoms with Crippen molar-refractivity contribution in [3.8, 4) is 0 Å². The predicted molar refractivity (Wildman–Crippen MR) is 123 cm³/mol. The summed E-state index contributed by atoms with van der Waals surface area (Å²) in [6.07, 6.45) is 1.34. The molecule has 0 aromatic rings. The van der Waals surface area contributed by atoms with E-state index in [0.29, 0.717) is 29.4 Å². The number of rotatable bonds is 10. The normalized spacial score (nSPS) is 26.0. The quantitative estimate of drug-likeness (QED) is 0.0909. The second-order valence-electron chi connectivity index (χ2n) is 8.73. The number of hydrogen-bond acceptors (Lipinski definition) is 13. The topological polar surface area (TPSA) is 271 Å². The van der Waals surface area contributed by atoms with E-state index in [0.717, 1.165) is 4.90 Å². The van der Waals surface area contributed by atoms with Crippen LogP contribution in [0.15, 0.2) is 0 Å². The van der Waals surface area contributed by atoms with E-state index >= 15 is 0 Å². The summed E-state index contributed by atoms with van der Waals surface area (Å²) in [5.74, 6) is -1.08. The molecular formula is C17H28N6O15S2. The molecule has 228 valence electrons. The smallest absolute Gasteiger partial charge is 0.394 e. The van der Waals surface area contributed by atoms with Gasteiger partial charge < -0.3 is 14.9 Å². The van der Waals surface area contributed by atoms with E-state index in [2.05, 4.69) is 29.2 Å². The van der Waals surface area contributed by atoms with Crippen molar-refractivity contribution in [1.82, 2.24) is 30.9 Å². The predicted octanol–water partition coefficient (Wildman–Crippen LogP) is -3.30. The molecule has 4 fully saturated rings. The van der Waals surface area contributed by atoms with Gasteiger partial charge in [0.1, 0.15) is 12.1 Å². The van der Waals surface area contributed by atoms with Crippen molar-refractivity contribution in [2.24, 2.45) is 0 Å². The first-order chi connectivity index (χ1) is 18.7. The van der Waals surface area contributed by atoms with Crippen LogP contribution in [-0.2, 0) is 48.6 Å². The minimum atomic E-state index is -4.81. The van der Waals surface area contributed by atoms with Gasteiger partial charge in [0.2, 0.25) is 0 Å². The highest BCUT2D eigenvalue weighted by Crippen LogP contribution is 2.31. The third-order valence-corrected chi connectivity index (χ3v) is 6.87. The highest BCUT2D eigenvalue weighted by Gasteiger charge is 2.50. The molecule has 4 bridgehead atoms. The molecule has 4 heterocycles. The van der Waals surface area contributed by atoms with Gasteiger partial charge in [-0.05, 0) is 25.7 Å². The summed E-state index contributed by atoms with van der Waals surface area (Å²) in [5.41, 5.74) is 4.22. The van der Waals surface area contributed by atoms with Crippen LogP contribution in [0.4, 0.5) is 9.59 Å². The first-order valence-electron chi connectivity index (χ1n) is 11.6. The van der Waals surface area contributed by atoms with Crippen molar-refractivity contribution >= 4 is 44.7 Å². The molecule has 0 spiro atoms. The zero-order chi connectivity index (χ0) is 29.8. The number of fused-ring (bicyclic) bond motifs is 4.